The summed E-state index contributed by atoms with van der Waals surface area (Å²) in [6.07, 6.45) is 4.57. The van der Waals surface area contributed by atoms with E-state index in [0.717, 1.165) is 45.3 Å². The number of amides is 1. The zero-order valence-corrected chi connectivity index (χ0v) is 16.5. The number of likely N-dealkylation sites (N-methyl/N-ethyl adjacent to an activating group) is 1. The number of pyridine rings is 1. The van der Waals surface area contributed by atoms with Crippen LogP contribution in [0.15, 0.2) is 16.6 Å². The Morgan fingerprint density at radius 1 is 1.28 bits per heavy atom. The zero-order chi connectivity index (χ0) is 18.0. The second-order valence-corrected chi connectivity index (χ2v) is 8.14. The summed E-state index contributed by atoms with van der Waals surface area (Å²) >= 11 is 3.14. The van der Waals surface area contributed by atoms with Crippen LogP contribution >= 0.6 is 15.9 Å². The van der Waals surface area contributed by atoms with Crippen molar-refractivity contribution in [2.24, 2.45) is 5.92 Å². The first-order valence-electron chi connectivity index (χ1n) is 8.95. The van der Waals surface area contributed by atoms with Gasteiger partial charge < -0.3 is 9.80 Å². The van der Waals surface area contributed by atoms with Gasteiger partial charge in [0.2, 0.25) is 11.9 Å². The molecule has 1 amide bonds. The molecular weight excluding hydrogens is 387 g/mol. The van der Waals surface area contributed by atoms with Crippen molar-refractivity contribution in [1.82, 2.24) is 14.8 Å². The molecule has 0 radical (unpaired) electrons. The lowest BCUT2D eigenvalue weighted by Gasteiger charge is -2.41. The molecule has 2 aliphatic rings. The van der Waals surface area contributed by atoms with Gasteiger partial charge in [-0.15, -0.1) is 0 Å². The van der Waals surface area contributed by atoms with Gasteiger partial charge in [-0.25, -0.2) is 4.98 Å². The summed E-state index contributed by atoms with van der Waals surface area (Å²) in [6, 6.07) is 4.08. The van der Waals surface area contributed by atoms with E-state index in [0.29, 0.717) is 28.8 Å². The Hall–Kier alpha value is -1.21. The molecule has 5 nitrogen and oxygen atoms in total. The molecule has 1 aliphatic heterocycles. The standard InChI is InChI=1S/C18H26BrFN4O/c1-22-9-10-24(12-17(22)25)14-5-3-13(4-6-14)11-23(2)16-8-7-15(19)18(20)21-16/h7-8,13-14H,3-6,9-12H2,1-2H3. The van der Waals surface area contributed by atoms with Crippen molar-refractivity contribution in [3.63, 3.8) is 0 Å². The maximum absolute atomic E-state index is 13.6. The smallest absolute Gasteiger partial charge is 0.236 e. The third kappa shape index (κ3) is 4.50. The number of rotatable bonds is 4. The summed E-state index contributed by atoms with van der Waals surface area (Å²) in [5.74, 6) is 1.04. The van der Waals surface area contributed by atoms with Crippen LogP contribution in [0.1, 0.15) is 25.7 Å². The predicted molar refractivity (Wildman–Crippen MR) is 100 cm³/mol. The summed E-state index contributed by atoms with van der Waals surface area (Å²) < 4.78 is 14.0. The molecule has 138 valence electrons. The molecule has 2 fully saturated rings. The molecule has 25 heavy (non-hydrogen) atoms. The number of hydrogen-bond acceptors (Lipinski definition) is 4. The van der Waals surface area contributed by atoms with E-state index in [4.69, 9.17) is 0 Å². The highest BCUT2D eigenvalue weighted by Gasteiger charge is 2.30. The number of carbonyl (C=O) groups excluding carboxylic acids is 1. The van der Waals surface area contributed by atoms with Gasteiger partial charge in [-0.2, -0.15) is 4.39 Å². The number of aromatic nitrogens is 1. The first-order chi connectivity index (χ1) is 11.9. The van der Waals surface area contributed by atoms with Crippen LogP contribution in [-0.2, 0) is 4.79 Å². The first-order valence-corrected chi connectivity index (χ1v) is 9.74. The van der Waals surface area contributed by atoms with Gasteiger partial charge in [-0.3, -0.25) is 9.69 Å². The first kappa shape index (κ1) is 18.6. The lowest BCUT2D eigenvalue weighted by molar-refractivity contribution is -0.135. The normalized spacial score (nSPS) is 25.3. The minimum Gasteiger partial charge on any atom is -0.359 e. The molecule has 0 atom stereocenters. The maximum atomic E-state index is 13.6. The van der Waals surface area contributed by atoms with Crippen molar-refractivity contribution >= 4 is 27.7 Å². The molecule has 1 aromatic rings. The van der Waals surface area contributed by atoms with Crippen LogP contribution in [0.25, 0.3) is 0 Å². The zero-order valence-electron chi connectivity index (χ0n) is 14.9. The molecule has 2 heterocycles. The molecular formula is C18H26BrFN4O. The Morgan fingerprint density at radius 3 is 2.64 bits per heavy atom. The van der Waals surface area contributed by atoms with Crippen LogP contribution < -0.4 is 4.90 Å². The van der Waals surface area contributed by atoms with Crippen LogP contribution in [0, 0.1) is 11.9 Å². The van der Waals surface area contributed by atoms with Crippen LogP contribution in [0.5, 0.6) is 0 Å². The van der Waals surface area contributed by atoms with Crippen molar-refractivity contribution in [1.29, 1.82) is 0 Å². The van der Waals surface area contributed by atoms with Gasteiger partial charge in [0.05, 0.1) is 11.0 Å². The van der Waals surface area contributed by atoms with E-state index in [1.165, 1.54) is 0 Å². The second-order valence-electron chi connectivity index (χ2n) is 7.28. The van der Waals surface area contributed by atoms with E-state index < -0.39 is 5.95 Å². The Bertz CT molecular complexity index is 621. The van der Waals surface area contributed by atoms with Crippen molar-refractivity contribution in [2.45, 2.75) is 31.7 Å². The van der Waals surface area contributed by atoms with Crippen molar-refractivity contribution in [2.75, 3.05) is 45.2 Å². The summed E-state index contributed by atoms with van der Waals surface area (Å²) in [6.45, 7) is 3.28. The maximum Gasteiger partial charge on any atom is 0.236 e. The van der Waals surface area contributed by atoms with Gasteiger partial charge in [0, 0.05) is 39.8 Å². The SMILES string of the molecule is CN1CCN(C2CCC(CN(C)c3ccc(Br)c(F)n3)CC2)CC1=O. The number of anilines is 1. The summed E-state index contributed by atoms with van der Waals surface area (Å²) in [4.78, 5) is 22.1. The molecule has 0 unspecified atom stereocenters. The van der Waals surface area contributed by atoms with E-state index >= 15 is 0 Å². The topological polar surface area (TPSA) is 39.7 Å². The van der Waals surface area contributed by atoms with Crippen LogP contribution in [0.3, 0.4) is 0 Å². The molecule has 0 N–H and O–H groups in total. The molecule has 0 aromatic carbocycles. The fourth-order valence-electron chi connectivity index (χ4n) is 3.88. The Labute approximate surface area is 157 Å². The van der Waals surface area contributed by atoms with Gasteiger partial charge in [-0.1, -0.05) is 0 Å². The van der Waals surface area contributed by atoms with Gasteiger partial charge in [0.15, 0.2) is 0 Å². The molecule has 1 aliphatic carbocycles. The second kappa shape index (κ2) is 7.99. The molecule has 7 heteroatoms. The van der Waals surface area contributed by atoms with E-state index in [-0.39, 0.29) is 5.91 Å². The van der Waals surface area contributed by atoms with Gasteiger partial charge in [0.1, 0.15) is 5.82 Å². The lowest BCUT2D eigenvalue weighted by atomic mass is 9.84. The summed E-state index contributed by atoms with van der Waals surface area (Å²) in [7, 11) is 3.85. The number of nitrogens with zero attached hydrogens (tertiary/aromatic N) is 4. The van der Waals surface area contributed by atoms with Crippen molar-refractivity contribution < 1.29 is 9.18 Å². The minimum atomic E-state index is -0.465. The van der Waals surface area contributed by atoms with E-state index in [1.54, 1.807) is 6.07 Å². The molecule has 0 spiro atoms. The van der Waals surface area contributed by atoms with E-state index in [1.807, 2.05) is 30.0 Å². The number of halogens is 2. The molecule has 1 aromatic heterocycles. The van der Waals surface area contributed by atoms with Crippen LogP contribution in [0.4, 0.5) is 10.2 Å². The molecule has 0 bridgehead atoms. The number of piperazine rings is 1. The number of carbonyl (C=O) groups is 1. The Morgan fingerprint density at radius 2 is 2.00 bits per heavy atom. The average Bonchev–Trinajstić information content (AvgIpc) is 2.60. The van der Waals surface area contributed by atoms with E-state index in [9.17, 15) is 9.18 Å². The molecule has 1 saturated heterocycles. The van der Waals surface area contributed by atoms with Gasteiger partial charge in [0.25, 0.3) is 0 Å². The highest BCUT2D eigenvalue weighted by atomic mass is 79.9. The summed E-state index contributed by atoms with van der Waals surface area (Å²) in [5.41, 5.74) is 0. The predicted octanol–water partition coefficient (Wildman–Crippen LogP) is 2.75. The minimum absolute atomic E-state index is 0.233. The van der Waals surface area contributed by atoms with Crippen LogP contribution in [0.2, 0.25) is 0 Å². The highest BCUT2D eigenvalue weighted by molar-refractivity contribution is 9.10. The highest BCUT2D eigenvalue weighted by Crippen LogP contribution is 2.29. The third-order valence-electron chi connectivity index (χ3n) is 5.53. The van der Waals surface area contributed by atoms with Gasteiger partial charge >= 0.3 is 0 Å². The third-order valence-corrected chi connectivity index (χ3v) is 6.12. The fraction of sp³-hybridized carbons (Fsp3) is 0.667. The average molecular weight is 413 g/mol. The Balaban J connectivity index is 1.49. The van der Waals surface area contributed by atoms with Crippen molar-refractivity contribution in [3.8, 4) is 0 Å². The van der Waals surface area contributed by atoms with Crippen LogP contribution in [-0.4, -0.2) is 67.0 Å². The summed E-state index contributed by atoms with van der Waals surface area (Å²) in [5, 5.41) is 0. The fourth-order valence-corrected chi connectivity index (χ4v) is 4.10. The number of hydrogen-bond donors (Lipinski definition) is 0. The van der Waals surface area contributed by atoms with Crippen molar-refractivity contribution in [3.05, 3.63) is 22.6 Å². The Kier molecular flexibility index (Phi) is 5.94. The monoisotopic (exact) mass is 412 g/mol. The van der Waals surface area contributed by atoms with E-state index in [2.05, 4.69) is 25.8 Å². The van der Waals surface area contributed by atoms with Gasteiger partial charge in [-0.05, 0) is 59.7 Å². The largest absolute Gasteiger partial charge is 0.359 e. The molecule has 3 rings (SSSR count). The quantitative estimate of drug-likeness (QED) is 0.712. The molecule has 1 saturated carbocycles. The lowest BCUT2D eigenvalue weighted by Crippen LogP contribution is -2.53.